The van der Waals surface area contributed by atoms with E-state index in [0.717, 1.165) is 35.9 Å². The van der Waals surface area contributed by atoms with Crippen LogP contribution < -0.4 is 0 Å². The summed E-state index contributed by atoms with van der Waals surface area (Å²) >= 11 is 0. The number of benzene rings is 1. The first-order valence-electron chi connectivity index (χ1n) is 6.20. The highest BCUT2D eigenvalue weighted by Gasteiger charge is 2.28. The van der Waals surface area contributed by atoms with Gasteiger partial charge in [-0.1, -0.05) is 24.3 Å². The van der Waals surface area contributed by atoms with Crippen molar-refractivity contribution in [1.82, 2.24) is 4.98 Å². The van der Waals surface area contributed by atoms with Crippen molar-refractivity contribution >= 4 is 16.7 Å². The highest BCUT2D eigenvalue weighted by atomic mass is 16.1. The summed E-state index contributed by atoms with van der Waals surface area (Å²) in [7, 11) is 0. The Hall–Kier alpha value is -1.70. The minimum atomic E-state index is 0.371. The van der Waals surface area contributed by atoms with Gasteiger partial charge in [0.25, 0.3) is 0 Å². The third-order valence-corrected chi connectivity index (χ3v) is 3.32. The Morgan fingerprint density at radius 3 is 2.82 bits per heavy atom. The van der Waals surface area contributed by atoms with Gasteiger partial charge in [0, 0.05) is 23.4 Å². The van der Waals surface area contributed by atoms with Crippen molar-refractivity contribution in [2.24, 2.45) is 5.92 Å². The number of fused-ring (bicyclic) bond motifs is 1. The van der Waals surface area contributed by atoms with Gasteiger partial charge in [0.1, 0.15) is 5.78 Å². The number of carbonyl (C=O) groups is 1. The van der Waals surface area contributed by atoms with Gasteiger partial charge in [0.15, 0.2) is 0 Å². The van der Waals surface area contributed by atoms with Crippen LogP contribution in [0, 0.1) is 5.92 Å². The van der Waals surface area contributed by atoms with Crippen LogP contribution in [-0.2, 0) is 11.2 Å². The molecule has 0 bridgehead atoms. The number of aromatic nitrogens is 1. The summed E-state index contributed by atoms with van der Waals surface area (Å²) < 4.78 is 0. The van der Waals surface area contributed by atoms with Crippen molar-refractivity contribution in [3.05, 3.63) is 42.1 Å². The maximum Gasteiger partial charge on any atom is 0.136 e. The third kappa shape index (κ3) is 2.36. The van der Waals surface area contributed by atoms with Crippen LogP contribution in [0.25, 0.3) is 10.9 Å². The van der Waals surface area contributed by atoms with Crippen LogP contribution in [0.4, 0.5) is 0 Å². The van der Waals surface area contributed by atoms with Crippen LogP contribution >= 0.6 is 0 Å². The predicted molar refractivity (Wildman–Crippen MR) is 67.8 cm³/mol. The Kier molecular flexibility index (Phi) is 2.63. The summed E-state index contributed by atoms with van der Waals surface area (Å²) in [5.41, 5.74) is 2.04. The van der Waals surface area contributed by atoms with Gasteiger partial charge in [-0.05, 0) is 31.4 Å². The molecule has 17 heavy (non-hydrogen) atoms. The minimum Gasteiger partial charge on any atom is -0.299 e. The average molecular weight is 225 g/mol. The highest BCUT2D eigenvalue weighted by Crippen LogP contribution is 2.31. The lowest BCUT2D eigenvalue weighted by Gasteiger charge is -2.02. The van der Waals surface area contributed by atoms with Crippen LogP contribution in [0.3, 0.4) is 0 Å². The normalized spacial score (nSPS) is 15.1. The number of rotatable bonds is 4. The molecular weight excluding hydrogens is 210 g/mol. The van der Waals surface area contributed by atoms with E-state index in [1.807, 2.05) is 24.3 Å². The largest absolute Gasteiger partial charge is 0.299 e. The zero-order valence-electron chi connectivity index (χ0n) is 9.73. The minimum absolute atomic E-state index is 0.371. The maximum absolute atomic E-state index is 11.6. The van der Waals surface area contributed by atoms with E-state index in [1.165, 1.54) is 0 Å². The molecule has 1 heterocycles. The zero-order valence-corrected chi connectivity index (χ0v) is 9.73. The summed E-state index contributed by atoms with van der Waals surface area (Å²) in [4.78, 5) is 16.2. The number of carbonyl (C=O) groups excluding carboxylic acids is 1. The van der Waals surface area contributed by atoms with Gasteiger partial charge in [-0.15, -0.1) is 0 Å². The van der Waals surface area contributed by atoms with E-state index in [4.69, 9.17) is 0 Å². The van der Waals surface area contributed by atoms with Crippen LogP contribution in [0.2, 0.25) is 0 Å². The molecule has 0 unspecified atom stereocenters. The van der Waals surface area contributed by atoms with Gasteiger partial charge >= 0.3 is 0 Å². The first kappa shape index (κ1) is 10.5. The second-order valence-electron chi connectivity index (χ2n) is 4.74. The molecule has 1 aliphatic carbocycles. The fraction of sp³-hybridized carbons (Fsp3) is 0.333. The number of Topliss-reactive ketones (excluding diaryl/α,β-unsaturated/α-hetero) is 1. The van der Waals surface area contributed by atoms with Gasteiger partial charge in [-0.25, -0.2) is 0 Å². The number of pyridine rings is 1. The second kappa shape index (κ2) is 4.28. The fourth-order valence-electron chi connectivity index (χ4n) is 2.11. The lowest BCUT2D eigenvalue weighted by atomic mass is 10.1. The van der Waals surface area contributed by atoms with E-state index < -0.39 is 0 Å². The van der Waals surface area contributed by atoms with Crippen molar-refractivity contribution < 1.29 is 4.79 Å². The van der Waals surface area contributed by atoms with E-state index in [0.29, 0.717) is 18.1 Å². The van der Waals surface area contributed by atoms with Crippen LogP contribution in [0.15, 0.2) is 36.4 Å². The van der Waals surface area contributed by atoms with E-state index in [2.05, 4.69) is 17.1 Å². The molecule has 1 aliphatic rings. The van der Waals surface area contributed by atoms with E-state index >= 15 is 0 Å². The van der Waals surface area contributed by atoms with Crippen molar-refractivity contribution in [2.45, 2.75) is 25.7 Å². The average Bonchev–Trinajstić information content (AvgIpc) is 3.20. The summed E-state index contributed by atoms with van der Waals surface area (Å²) in [6.45, 7) is 0. The quantitative estimate of drug-likeness (QED) is 0.800. The first-order valence-corrected chi connectivity index (χ1v) is 6.20. The first-order chi connectivity index (χ1) is 8.33. The molecule has 1 aromatic heterocycles. The SMILES string of the molecule is O=C(CCc1ccc2ccccc2n1)C1CC1. The molecule has 2 aromatic rings. The number of aryl methyl sites for hydroxylation is 1. The lowest BCUT2D eigenvalue weighted by molar-refractivity contribution is -0.120. The summed E-state index contributed by atoms with van der Waals surface area (Å²) in [5, 5.41) is 1.16. The standard InChI is InChI=1S/C15H15NO/c17-15(12-5-6-12)10-9-13-8-7-11-3-1-2-4-14(11)16-13/h1-4,7-8,12H,5-6,9-10H2. The molecule has 0 radical (unpaired) electrons. The molecule has 0 amide bonds. The van der Waals surface area contributed by atoms with E-state index in [9.17, 15) is 4.79 Å². The Morgan fingerprint density at radius 2 is 2.00 bits per heavy atom. The highest BCUT2D eigenvalue weighted by molar-refractivity contribution is 5.83. The van der Waals surface area contributed by atoms with Crippen molar-refractivity contribution in [2.75, 3.05) is 0 Å². The predicted octanol–water partition coefficient (Wildman–Crippen LogP) is 3.15. The van der Waals surface area contributed by atoms with Gasteiger partial charge < -0.3 is 0 Å². The molecule has 1 aromatic carbocycles. The smallest absolute Gasteiger partial charge is 0.136 e. The number of hydrogen-bond donors (Lipinski definition) is 0. The second-order valence-corrected chi connectivity index (χ2v) is 4.74. The van der Waals surface area contributed by atoms with Crippen molar-refractivity contribution in [3.63, 3.8) is 0 Å². The molecule has 0 aliphatic heterocycles. The molecule has 2 heteroatoms. The molecule has 86 valence electrons. The van der Waals surface area contributed by atoms with Gasteiger partial charge in [0.05, 0.1) is 5.52 Å². The number of nitrogens with zero attached hydrogens (tertiary/aromatic N) is 1. The number of hydrogen-bond acceptors (Lipinski definition) is 2. The molecule has 2 nitrogen and oxygen atoms in total. The van der Waals surface area contributed by atoms with Gasteiger partial charge in [0.2, 0.25) is 0 Å². The monoisotopic (exact) mass is 225 g/mol. The molecule has 1 saturated carbocycles. The fourth-order valence-corrected chi connectivity index (χ4v) is 2.11. The topological polar surface area (TPSA) is 30.0 Å². The summed E-state index contributed by atoms with van der Waals surface area (Å²) in [6.07, 6.45) is 3.63. The number of ketones is 1. The summed E-state index contributed by atoms with van der Waals surface area (Å²) in [6, 6.07) is 12.2. The van der Waals surface area contributed by atoms with Gasteiger partial charge in [-0.2, -0.15) is 0 Å². The Bertz CT molecular complexity index is 558. The Labute approximate surface area is 101 Å². The molecule has 0 N–H and O–H groups in total. The Morgan fingerprint density at radius 1 is 1.18 bits per heavy atom. The maximum atomic E-state index is 11.6. The van der Waals surface area contributed by atoms with E-state index in [1.54, 1.807) is 0 Å². The summed E-state index contributed by atoms with van der Waals surface area (Å²) in [5.74, 6) is 0.787. The molecule has 3 rings (SSSR count). The molecule has 0 saturated heterocycles. The Balaban J connectivity index is 1.74. The van der Waals surface area contributed by atoms with Crippen molar-refractivity contribution in [3.8, 4) is 0 Å². The van der Waals surface area contributed by atoms with Gasteiger partial charge in [-0.3, -0.25) is 9.78 Å². The van der Waals surface area contributed by atoms with Crippen LogP contribution in [-0.4, -0.2) is 10.8 Å². The molecule has 0 spiro atoms. The third-order valence-electron chi connectivity index (χ3n) is 3.32. The van der Waals surface area contributed by atoms with Crippen LogP contribution in [0.5, 0.6) is 0 Å². The lowest BCUT2D eigenvalue weighted by Crippen LogP contribution is -2.03. The zero-order chi connectivity index (χ0) is 11.7. The van der Waals surface area contributed by atoms with E-state index in [-0.39, 0.29) is 0 Å². The van der Waals surface area contributed by atoms with Crippen molar-refractivity contribution in [1.29, 1.82) is 0 Å². The molecular formula is C15H15NO. The van der Waals surface area contributed by atoms with Crippen LogP contribution in [0.1, 0.15) is 25.0 Å². The molecule has 1 fully saturated rings. The molecule has 0 atom stereocenters. The number of para-hydroxylation sites is 1.